The van der Waals surface area contributed by atoms with Crippen LogP contribution >= 0.6 is 39.9 Å². The van der Waals surface area contributed by atoms with E-state index in [9.17, 15) is 9.18 Å². The molecular weight excluding hydrogens is 526 g/mol. The van der Waals surface area contributed by atoms with Gasteiger partial charge in [-0.3, -0.25) is 9.79 Å². The summed E-state index contributed by atoms with van der Waals surface area (Å²) in [6, 6.07) is 5.39. The minimum Gasteiger partial charge on any atom is -0.357 e. The van der Waals surface area contributed by atoms with Gasteiger partial charge >= 0.3 is 0 Å². The molecule has 2 N–H and O–H groups in total. The van der Waals surface area contributed by atoms with Gasteiger partial charge in [0.05, 0.1) is 0 Å². The zero-order valence-corrected chi connectivity index (χ0v) is 19.8. The molecule has 0 spiro atoms. The van der Waals surface area contributed by atoms with E-state index >= 15 is 0 Å². The Morgan fingerprint density at radius 2 is 2.19 bits per heavy atom. The Balaban J connectivity index is 0.00000364. The molecule has 1 aromatic carbocycles. The summed E-state index contributed by atoms with van der Waals surface area (Å²) in [7, 11) is 0. The molecule has 8 heteroatoms. The summed E-state index contributed by atoms with van der Waals surface area (Å²) in [5.74, 6) is 0.785. The molecule has 1 amide bonds. The number of nitrogens with zero attached hydrogens (tertiary/aromatic N) is 2. The van der Waals surface area contributed by atoms with Gasteiger partial charge in [0, 0.05) is 43.1 Å². The number of carbonyl (C=O) groups is 1. The molecule has 0 aromatic heterocycles. The van der Waals surface area contributed by atoms with E-state index in [4.69, 9.17) is 0 Å². The highest BCUT2D eigenvalue weighted by molar-refractivity contribution is 14.0. The molecule has 1 heterocycles. The highest BCUT2D eigenvalue weighted by Crippen LogP contribution is 2.16. The third kappa shape index (κ3) is 7.93. The number of hydrogen-bond acceptors (Lipinski definition) is 2. The average Bonchev–Trinajstić information content (AvgIpc) is 3.08. The lowest BCUT2D eigenvalue weighted by atomic mass is 10.1. The Kier molecular flexibility index (Phi) is 11.2. The van der Waals surface area contributed by atoms with E-state index in [-0.39, 0.29) is 41.7 Å². The number of carbonyl (C=O) groups excluding carboxylic acids is 1. The fourth-order valence-corrected chi connectivity index (χ4v) is 3.36. The molecule has 0 saturated carbocycles. The fourth-order valence-electron chi connectivity index (χ4n) is 3.03. The Morgan fingerprint density at radius 1 is 1.41 bits per heavy atom. The van der Waals surface area contributed by atoms with E-state index in [0.717, 1.165) is 42.9 Å². The molecule has 1 aromatic rings. The lowest BCUT2D eigenvalue weighted by Crippen LogP contribution is -2.45. The minimum atomic E-state index is -0.181. The molecule has 27 heavy (non-hydrogen) atoms. The largest absolute Gasteiger partial charge is 0.357 e. The highest BCUT2D eigenvalue weighted by atomic mass is 127. The summed E-state index contributed by atoms with van der Waals surface area (Å²) in [5, 5.41) is 6.65. The van der Waals surface area contributed by atoms with Crippen LogP contribution in [-0.2, 0) is 11.2 Å². The van der Waals surface area contributed by atoms with Crippen LogP contribution in [0.15, 0.2) is 27.7 Å². The van der Waals surface area contributed by atoms with Crippen LogP contribution in [0, 0.1) is 5.82 Å². The van der Waals surface area contributed by atoms with Crippen molar-refractivity contribution >= 4 is 51.8 Å². The van der Waals surface area contributed by atoms with Crippen molar-refractivity contribution in [1.29, 1.82) is 0 Å². The first-order valence-corrected chi connectivity index (χ1v) is 10.1. The van der Waals surface area contributed by atoms with E-state index in [2.05, 4.69) is 31.6 Å². The van der Waals surface area contributed by atoms with Gasteiger partial charge in [-0.2, -0.15) is 0 Å². The fraction of sp³-hybridized carbons (Fsp3) is 0.579. The number of nitrogens with one attached hydrogen (secondary N) is 2. The Bertz CT molecular complexity index is 644. The molecule has 2 rings (SSSR count). The van der Waals surface area contributed by atoms with Crippen LogP contribution in [0.25, 0.3) is 0 Å². The second kappa shape index (κ2) is 12.5. The first kappa shape index (κ1) is 24.1. The highest BCUT2D eigenvalue weighted by Gasteiger charge is 2.25. The zero-order chi connectivity index (χ0) is 18.9. The van der Waals surface area contributed by atoms with Gasteiger partial charge in [-0.05, 0) is 43.9 Å². The topological polar surface area (TPSA) is 56.7 Å². The number of hydrogen-bond donors (Lipinski definition) is 2. The number of guanidine groups is 1. The minimum absolute atomic E-state index is 0. The molecule has 1 aliphatic heterocycles. The predicted molar refractivity (Wildman–Crippen MR) is 122 cm³/mol. The van der Waals surface area contributed by atoms with Gasteiger partial charge in [0.1, 0.15) is 5.82 Å². The van der Waals surface area contributed by atoms with E-state index < -0.39 is 0 Å². The normalized spacial score (nSPS) is 16.8. The lowest BCUT2D eigenvalue weighted by molar-refractivity contribution is -0.129. The molecule has 0 aliphatic carbocycles. The van der Waals surface area contributed by atoms with Crippen LogP contribution < -0.4 is 10.6 Å². The Hall–Kier alpha value is -0.900. The smallest absolute Gasteiger partial charge is 0.222 e. The zero-order valence-electron chi connectivity index (χ0n) is 15.9. The first-order valence-electron chi connectivity index (χ1n) is 9.30. The molecule has 1 aliphatic rings. The van der Waals surface area contributed by atoms with E-state index in [1.54, 1.807) is 0 Å². The molecule has 152 valence electrons. The van der Waals surface area contributed by atoms with Gasteiger partial charge < -0.3 is 15.5 Å². The molecule has 1 saturated heterocycles. The SMILES string of the molecule is CCNC(=NCCCc1ccc(Br)cc1F)NC1CCN(C(=O)CC)C1.I. The van der Waals surface area contributed by atoms with Crippen LogP contribution in [-0.4, -0.2) is 49.0 Å². The lowest BCUT2D eigenvalue weighted by Gasteiger charge is -2.18. The number of aryl methyl sites for hydroxylation is 1. The summed E-state index contributed by atoms with van der Waals surface area (Å²) in [4.78, 5) is 18.3. The number of likely N-dealkylation sites (tertiary alicyclic amines) is 1. The number of aliphatic imine (C=N–C) groups is 1. The van der Waals surface area contributed by atoms with Crippen LogP contribution in [0.4, 0.5) is 4.39 Å². The van der Waals surface area contributed by atoms with Gasteiger partial charge in [-0.25, -0.2) is 4.39 Å². The predicted octanol–water partition coefficient (Wildman–Crippen LogP) is 3.70. The van der Waals surface area contributed by atoms with Crippen molar-refractivity contribution in [3.63, 3.8) is 0 Å². The summed E-state index contributed by atoms with van der Waals surface area (Å²) >= 11 is 3.27. The van der Waals surface area contributed by atoms with Crippen LogP contribution in [0.2, 0.25) is 0 Å². The van der Waals surface area contributed by atoms with E-state index in [1.165, 1.54) is 6.07 Å². The molecule has 1 atom stereocenters. The molecule has 1 fully saturated rings. The number of amides is 1. The maximum Gasteiger partial charge on any atom is 0.222 e. The van der Waals surface area contributed by atoms with Gasteiger partial charge in [0.15, 0.2) is 5.96 Å². The second-order valence-electron chi connectivity index (χ2n) is 6.42. The quantitative estimate of drug-likeness (QED) is 0.234. The van der Waals surface area contributed by atoms with Crippen molar-refractivity contribution in [3.8, 4) is 0 Å². The van der Waals surface area contributed by atoms with Crippen LogP contribution in [0.3, 0.4) is 0 Å². The molecule has 1 unspecified atom stereocenters. The molecule has 0 radical (unpaired) electrons. The van der Waals surface area contributed by atoms with Crippen LogP contribution in [0.1, 0.15) is 38.7 Å². The van der Waals surface area contributed by atoms with E-state index in [0.29, 0.717) is 24.9 Å². The number of halogens is 3. The van der Waals surface area contributed by atoms with Gasteiger partial charge in [-0.15, -0.1) is 24.0 Å². The van der Waals surface area contributed by atoms with Gasteiger partial charge in [-0.1, -0.05) is 28.9 Å². The summed E-state index contributed by atoms with van der Waals surface area (Å²) in [6.45, 7) is 6.83. The van der Waals surface area contributed by atoms with Crippen LogP contribution in [0.5, 0.6) is 0 Å². The van der Waals surface area contributed by atoms with Gasteiger partial charge in [0.25, 0.3) is 0 Å². The standard InChI is InChI=1S/C19H28BrFN4O.HI/c1-3-18(26)25-11-9-16(13-25)24-19(22-4-2)23-10-5-6-14-7-8-15(20)12-17(14)21;/h7-8,12,16H,3-6,9-11,13H2,1-2H3,(H2,22,23,24);1H. The van der Waals surface area contributed by atoms with Gasteiger partial charge in [0.2, 0.25) is 5.91 Å². The molecule has 5 nitrogen and oxygen atoms in total. The van der Waals surface area contributed by atoms with Crippen molar-refractivity contribution < 1.29 is 9.18 Å². The van der Waals surface area contributed by atoms with Crippen molar-refractivity contribution in [2.45, 2.75) is 45.6 Å². The first-order chi connectivity index (χ1) is 12.5. The van der Waals surface area contributed by atoms with Crippen molar-refractivity contribution in [1.82, 2.24) is 15.5 Å². The monoisotopic (exact) mass is 554 g/mol. The number of rotatable bonds is 7. The summed E-state index contributed by atoms with van der Waals surface area (Å²) in [5.41, 5.74) is 0.714. The molecular formula is C19H29BrFIN4O. The van der Waals surface area contributed by atoms with Crippen molar-refractivity contribution in [2.75, 3.05) is 26.2 Å². The third-order valence-corrected chi connectivity index (χ3v) is 4.91. The Labute approximate surface area is 186 Å². The van der Waals surface area contributed by atoms with Crippen molar-refractivity contribution in [2.24, 2.45) is 4.99 Å². The van der Waals surface area contributed by atoms with E-state index in [1.807, 2.05) is 30.9 Å². The molecule has 0 bridgehead atoms. The average molecular weight is 555 g/mol. The number of benzene rings is 1. The maximum absolute atomic E-state index is 13.8. The summed E-state index contributed by atoms with van der Waals surface area (Å²) < 4.78 is 14.6. The summed E-state index contributed by atoms with van der Waals surface area (Å²) in [6.07, 6.45) is 2.91. The second-order valence-corrected chi connectivity index (χ2v) is 7.34. The third-order valence-electron chi connectivity index (χ3n) is 4.42. The Morgan fingerprint density at radius 3 is 2.85 bits per heavy atom. The maximum atomic E-state index is 13.8. The van der Waals surface area contributed by atoms with Crippen molar-refractivity contribution in [3.05, 3.63) is 34.1 Å².